The van der Waals surface area contributed by atoms with E-state index in [1.54, 1.807) is 4.90 Å². The Bertz CT molecular complexity index is 340. The van der Waals surface area contributed by atoms with Crippen LogP contribution in [0.25, 0.3) is 0 Å². The zero-order chi connectivity index (χ0) is 13.8. The van der Waals surface area contributed by atoms with Crippen molar-refractivity contribution in [1.82, 2.24) is 10.2 Å². The van der Waals surface area contributed by atoms with Crippen LogP contribution in [0.1, 0.15) is 39.0 Å². The molecule has 0 aromatic carbocycles. The topological polar surface area (TPSA) is 69.6 Å². The van der Waals surface area contributed by atoms with E-state index in [9.17, 15) is 14.7 Å². The Morgan fingerprint density at radius 3 is 2.58 bits per heavy atom. The lowest BCUT2D eigenvalue weighted by atomic mass is 9.88. The highest BCUT2D eigenvalue weighted by molar-refractivity contribution is 5.84. The van der Waals surface area contributed by atoms with Crippen LogP contribution < -0.4 is 5.32 Å². The normalized spacial score (nSPS) is 29.2. The molecule has 5 heteroatoms. The van der Waals surface area contributed by atoms with Crippen LogP contribution in [0, 0.1) is 11.8 Å². The average molecular weight is 268 g/mol. The number of amides is 1. The van der Waals surface area contributed by atoms with Crippen LogP contribution in [0.3, 0.4) is 0 Å². The molecule has 1 amide bonds. The Balaban J connectivity index is 1.97. The molecule has 0 aromatic heterocycles. The fraction of sp³-hybridized carbons (Fsp3) is 0.857. The predicted octanol–water partition coefficient (Wildman–Crippen LogP) is 1.09. The fourth-order valence-electron chi connectivity index (χ4n) is 3.29. The van der Waals surface area contributed by atoms with Gasteiger partial charge in [0.2, 0.25) is 5.91 Å². The number of carbonyl (C=O) groups is 2. The standard InChI is InChI=1S/C14H24N2O3/c1-10-3-2-8-16(13(10)14(18)19)12(17)9-11-4-6-15-7-5-11/h10-11,13,15H,2-9H2,1H3,(H,18,19). The average Bonchev–Trinajstić information content (AvgIpc) is 2.39. The first kappa shape index (κ1) is 14.3. The summed E-state index contributed by atoms with van der Waals surface area (Å²) in [5.41, 5.74) is 0. The molecule has 2 saturated heterocycles. The Hall–Kier alpha value is -1.10. The summed E-state index contributed by atoms with van der Waals surface area (Å²) < 4.78 is 0. The highest BCUT2D eigenvalue weighted by Crippen LogP contribution is 2.26. The summed E-state index contributed by atoms with van der Waals surface area (Å²) in [4.78, 5) is 25.3. The zero-order valence-electron chi connectivity index (χ0n) is 11.6. The second-order valence-corrected chi connectivity index (χ2v) is 5.89. The molecule has 19 heavy (non-hydrogen) atoms. The van der Waals surface area contributed by atoms with Crippen molar-refractivity contribution in [2.75, 3.05) is 19.6 Å². The molecule has 0 spiro atoms. The molecular weight excluding hydrogens is 244 g/mol. The number of nitrogens with one attached hydrogen (secondary N) is 1. The van der Waals surface area contributed by atoms with Gasteiger partial charge in [-0.25, -0.2) is 4.79 Å². The molecule has 2 fully saturated rings. The second-order valence-electron chi connectivity index (χ2n) is 5.89. The Morgan fingerprint density at radius 1 is 1.26 bits per heavy atom. The van der Waals surface area contributed by atoms with E-state index in [0.717, 1.165) is 38.8 Å². The summed E-state index contributed by atoms with van der Waals surface area (Å²) in [5, 5.41) is 12.6. The third-order valence-corrected chi connectivity index (χ3v) is 4.43. The molecule has 2 atom stereocenters. The van der Waals surface area contributed by atoms with E-state index in [1.165, 1.54) is 0 Å². The molecule has 2 heterocycles. The first-order chi connectivity index (χ1) is 9.09. The van der Waals surface area contributed by atoms with E-state index in [4.69, 9.17) is 0 Å². The number of nitrogens with zero attached hydrogens (tertiary/aromatic N) is 1. The molecule has 2 unspecified atom stereocenters. The van der Waals surface area contributed by atoms with Crippen molar-refractivity contribution in [3.8, 4) is 0 Å². The van der Waals surface area contributed by atoms with E-state index in [0.29, 0.717) is 18.9 Å². The van der Waals surface area contributed by atoms with Crippen LogP contribution in [0.5, 0.6) is 0 Å². The highest BCUT2D eigenvalue weighted by atomic mass is 16.4. The van der Waals surface area contributed by atoms with Gasteiger partial charge in [0.05, 0.1) is 0 Å². The van der Waals surface area contributed by atoms with Gasteiger partial charge < -0.3 is 15.3 Å². The van der Waals surface area contributed by atoms with Crippen molar-refractivity contribution >= 4 is 11.9 Å². The minimum Gasteiger partial charge on any atom is -0.480 e. The van der Waals surface area contributed by atoms with Crippen LogP contribution in [0.4, 0.5) is 0 Å². The van der Waals surface area contributed by atoms with Gasteiger partial charge in [-0.3, -0.25) is 4.79 Å². The van der Waals surface area contributed by atoms with Gasteiger partial charge in [0.25, 0.3) is 0 Å². The van der Waals surface area contributed by atoms with Crippen LogP contribution in [-0.4, -0.2) is 47.6 Å². The fourth-order valence-corrected chi connectivity index (χ4v) is 3.29. The van der Waals surface area contributed by atoms with Gasteiger partial charge in [0.15, 0.2) is 0 Å². The molecule has 0 aromatic rings. The molecular formula is C14H24N2O3. The number of hydrogen-bond donors (Lipinski definition) is 2. The van der Waals surface area contributed by atoms with E-state index in [1.807, 2.05) is 6.92 Å². The number of carboxylic acids is 1. The molecule has 108 valence electrons. The van der Waals surface area contributed by atoms with Crippen molar-refractivity contribution in [1.29, 1.82) is 0 Å². The van der Waals surface area contributed by atoms with E-state index < -0.39 is 12.0 Å². The summed E-state index contributed by atoms with van der Waals surface area (Å²) in [6.07, 6.45) is 4.37. The number of rotatable bonds is 3. The third kappa shape index (κ3) is 3.47. The maximum Gasteiger partial charge on any atom is 0.326 e. The van der Waals surface area contributed by atoms with Gasteiger partial charge in [-0.2, -0.15) is 0 Å². The molecule has 2 aliphatic heterocycles. The lowest BCUT2D eigenvalue weighted by Gasteiger charge is -2.38. The van der Waals surface area contributed by atoms with E-state index in [-0.39, 0.29) is 11.8 Å². The van der Waals surface area contributed by atoms with Gasteiger partial charge in [0.1, 0.15) is 6.04 Å². The largest absolute Gasteiger partial charge is 0.480 e. The number of hydrogen-bond acceptors (Lipinski definition) is 3. The van der Waals surface area contributed by atoms with Crippen LogP contribution in [0.2, 0.25) is 0 Å². The first-order valence-corrected chi connectivity index (χ1v) is 7.32. The number of aliphatic carboxylic acids is 1. The van der Waals surface area contributed by atoms with Crippen LogP contribution in [-0.2, 0) is 9.59 Å². The van der Waals surface area contributed by atoms with Gasteiger partial charge >= 0.3 is 5.97 Å². The minimum absolute atomic E-state index is 0.0332. The third-order valence-electron chi connectivity index (χ3n) is 4.43. The molecule has 0 aliphatic carbocycles. The number of carboxylic acid groups (broad SMARTS) is 1. The minimum atomic E-state index is -0.856. The Kier molecular flexibility index (Phi) is 4.80. The quantitative estimate of drug-likeness (QED) is 0.804. The summed E-state index contributed by atoms with van der Waals surface area (Å²) in [7, 11) is 0. The lowest BCUT2D eigenvalue weighted by molar-refractivity contribution is -0.155. The molecule has 0 bridgehead atoms. The number of carbonyl (C=O) groups excluding carboxylic acids is 1. The SMILES string of the molecule is CC1CCCN(C(=O)CC2CCNCC2)C1C(=O)O. The number of likely N-dealkylation sites (tertiary alicyclic amines) is 1. The summed E-state index contributed by atoms with van der Waals surface area (Å²) in [6.45, 7) is 4.47. The molecule has 2 N–H and O–H groups in total. The van der Waals surface area contributed by atoms with Crippen molar-refractivity contribution in [3.63, 3.8) is 0 Å². The maximum absolute atomic E-state index is 12.4. The molecule has 0 radical (unpaired) electrons. The Morgan fingerprint density at radius 2 is 1.95 bits per heavy atom. The zero-order valence-corrected chi connectivity index (χ0v) is 11.6. The van der Waals surface area contributed by atoms with Gasteiger partial charge in [0, 0.05) is 13.0 Å². The van der Waals surface area contributed by atoms with Gasteiger partial charge in [-0.1, -0.05) is 6.92 Å². The van der Waals surface area contributed by atoms with Crippen LogP contribution in [0.15, 0.2) is 0 Å². The molecule has 2 rings (SSSR count). The van der Waals surface area contributed by atoms with Gasteiger partial charge in [-0.15, -0.1) is 0 Å². The summed E-state index contributed by atoms with van der Waals surface area (Å²) >= 11 is 0. The second kappa shape index (κ2) is 6.37. The number of piperidine rings is 2. The smallest absolute Gasteiger partial charge is 0.326 e. The van der Waals surface area contributed by atoms with Crippen LogP contribution >= 0.6 is 0 Å². The summed E-state index contributed by atoms with van der Waals surface area (Å²) in [5.74, 6) is -0.347. The van der Waals surface area contributed by atoms with E-state index >= 15 is 0 Å². The van der Waals surface area contributed by atoms with E-state index in [2.05, 4.69) is 5.32 Å². The predicted molar refractivity (Wildman–Crippen MR) is 71.7 cm³/mol. The monoisotopic (exact) mass is 268 g/mol. The Labute approximate surface area is 114 Å². The van der Waals surface area contributed by atoms with Crippen molar-refractivity contribution in [2.24, 2.45) is 11.8 Å². The van der Waals surface area contributed by atoms with Crippen molar-refractivity contribution in [2.45, 2.75) is 45.1 Å². The molecule has 2 aliphatic rings. The molecule has 0 saturated carbocycles. The van der Waals surface area contributed by atoms with Gasteiger partial charge in [-0.05, 0) is 50.6 Å². The lowest BCUT2D eigenvalue weighted by Crippen LogP contribution is -2.52. The first-order valence-electron chi connectivity index (χ1n) is 7.32. The molecule has 5 nitrogen and oxygen atoms in total. The highest BCUT2D eigenvalue weighted by Gasteiger charge is 2.37. The maximum atomic E-state index is 12.4. The van der Waals surface area contributed by atoms with Crippen molar-refractivity contribution < 1.29 is 14.7 Å². The van der Waals surface area contributed by atoms with Crippen molar-refractivity contribution in [3.05, 3.63) is 0 Å². The summed E-state index contributed by atoms with van der Waals surface area (Å²) in [6, 6.07) is -0.622.